The lowest BCUT2D eigenvalue weighted by atomic mass is 9.83. The van der Waals surface area contributed by atoms with E-state index in [1.165, 1.54) is 24.8 Å². The van der Waals surface area contributed by atoms with Crippen LogP contribution in [0.3, 0.4) is 0 Å². The molecule has 0 fully saturated rings. The second-order valence-corrected chi connectivity index (χ2v) is 16.4. The molecule has 0 bridgehead atoms. The fraction of sp³-hybridized carbons (Fsp3) is 0.535. The molecule has 2 aromatic carbocycles. The highest BCUT2D eigenvalue weighted by Gasteiger charge is 2.37. The highest BCUT2D eigenvalue weighted by Crippen LogP contribution is 2.41. The molecule has 0 aliphatic heterocycles. The maximum absolute atomic E-state index is 15.1. The molecule has 302 valence electrons. The van der Waals surface area contributed by atoms with E-state index in [1.54, 1.807) is 0 Å². The molecule has 0 spiro atoms. The van der Waals surface area contributed by atoms with Gasteiger partial charge in [0.25, 0.3) is 0 Å². The van der Waals surface area contributed by atoms with Crippen LogP contribution in [0.5, 0.6) is 0 Å². The number of carbonyl (C=O) groups is 4. The average Bonchev–Trinajstić information content (AvgIpc) is 3.54. The molecule has 2 amide bonds. The van der Waals surface area contributed by atoms with Crippen LogP contribution in [-0.2, 0) is 25.7 Å². The van der Waals surface area contributed by atoms with Crippen molar-refractivity contribution in [2.24, 2.45) is 17.1 Å². The smallest absolute Gasteiger partial charge is 0.233 e. The van der Waals surface area contributed by atoms with Gasteiger partial charge in [-0.15, -0.1) is 0 Å². The Hall–Kier alpha value is -3.87. The number of amides is 2. The fourth-order valence-corrected chi connectivity index (χ4v) is 7.69. The zero-order chi connectivity index (χ0) is 40.4. The zero-order valence-electron chi connectivity index (χ0n) is 33.3. The van der Waals surface area contributed by atoms with Crippen LogP contribution in [0.2, 0.25) is 0 Å². The third-order valence-corrected chi connectivity index (χ3v) is 10.5. The molecule has 0 saturated heterocycles. The first-order valence-electron chi connectivity index (χ1n) is 19.4. The Bertz CT molecular complexity index is 1680. The van der Waals surface area contributed by atoms with Crippen LogP contribution in [0.4, 0.5) is 8.78 Å². The number of nitrogens with zero attached hydrogens (tertiary/aromatic N) is 2. The Labute approximate surface area is 330 Å². The fourth-order valence-electron chi connectivity index (χ4n) is 6.88. The molecule has 55 heavy (non-hydrogen) atoms. The second-order valence-electron chi connectivity index (χ2n) is 15.3. The number of nitrogens with one attached hydrogen (secondary N) is 2. The minimum absolute atomic E-state index is 0.0111. The Morgan fingerprint density at radius 1 is 0.945 bits per heavy atom. The van der Waals surface area contributed by atoms with E-state index in [9.17, 15) is 23.6 Å². The van der Waals surface area contributed by atoms with Crippen LogP contribution in [0, 0.1) is 23.0 Å². The van der Waals surface area contributed by atoms with Crippen molar-refractivity contribution in [3.8, 4) is 11.1 Å². The molecule has 0 saturated carbocycles. The van der Waals surface area contributed by atoms with Crippen molar-refractivity contribution in [2.75, 3.05) is 44.7 Å². The number of unbranched alkanes of at least 4 members (excludes halogenated alkanes) is 1. The summed E-state index contributed by atoms with van der Waals surface area (Å²) in [5.41, 5.74) is 7.97. The molecule has 0 unspecified atom stereocenters. The number of Topliss-reactive ketones (excluding diaryl/α,β-unsaturated/α-hetero) is 2. The zero-order valence-corrected chi connectivity index (χ0v) is 34.1. The summed E-state index contributed by atoms with van der Waals surface area (Å²) in [6.07, 6.45) is 6.22. The predicted octanol–water partition coefficient (Wildman–Crippen LogP) is 7.32. The monoisotopic (exact) mass is 781 g/mol. The van der Waals surface area contributed by atoms with Gasteiger partial charge in [0.2, 0.25) is 11.8 Å². The molecule has 0 aliphatic carbocycles. The van der Waals surface area contributed by atoms with Crippen LogP contribution < -0.4 is 16.4 Å². The van der Waals surface area contributed by atoms with Crippen molar-refractivity contribution in [1.82, 2.24) is 20.1 Å². The van der Waals surface area contributed by atoms with E-state index in [0.29, 0.717) is 63.2 Å². The molecule has 3 rings (SSSR count). The van der Waals surface area contributed by atoms with E-state index < -0.39 is 23.1 Å². The lowest BCUT2D eigenvalue weighted by molar-refractivity contribution is -0.133. The number of hydrogen-bond donors (Lipinski definition) is 3. The van der Waals surface area contributed by atoms with Crippen LogP contribution in [-0.4, -0.2) is 77.6 Å². The molecule has 2 atom stereocenters. The van der Waals surface area contributed by atoms with E-state index in [4.69, 9.17) is 5.73 Å². The summed E-state index contributed by atoms with van der Waals surface area (Å²) < 4.78 is 31.4. The first-order chi connectivity index (χ1) is 26.2. The first-order valence-corrected chi connectivity index (χ1v) is 20.6. The van der Waals surface area contributed by atoms with Crippen LogP contribution in [0.1, 0.15) is 96.4 Å². The summed E-state index contributed by atoms with van der Waals surface area (Å²) in [4.78, 5) is 53.1. The highest BCUT2D eigenvalue weighted by molar-refractivity contribution is 7.99. The van der Waals surface area contributed by atoms with Gasteiger partial charge >= 0.3 is 0 Å². The molecule has 0 radical (unpaired) electrons. The van der Waals surface area contributed by atoms with Crippen molar-refractivity contribution >= 4 is 35.1 Å². The van der Waals surface area contributed by atoms with Gasteiger partial charge in [0.15, 0.2) is 0 Å². The molecule has 0 aliphatic rings. The van der Waals surface area contributed by atoms with Crippen molar-refractivity contribution in [2.45, 2.75) is 91.6 Å². The molecule has 3 aromatic rings. The lowest BCUT2D eigenvalue weighted by Gasteiger charge is -2.41. The van der Waals surface area contributed by atoms with Gasteiger partial charge in [-0.05, 0) is 88.0 Å². The van der Waals surface area contributed by atoms with E-state index in [2.05, 4.69) is 31.4 Å². The molecule has 12 heteroatoms. The van der Waals surface area contributed by atoms with E-state index in [0.717, 1.165) is 42.8 Å². The predicted molar refractivity (Wildman–Crippen MR) is 219 cm³/mol. The van der Waals surface area contributed by atoms with Gasteiger partial charge in [-0.2, -0.15) is 11.8 Å². The number of aromatic nitrogens is 1. The number of benzene rings is 2. The van der Waals surface area contributed by atoms with E-state index in [1.807, 2.05) is 59.1 Å². The van der Waals surface area contributed by atoms with Gasteiger partial charge < -0.3 is 30.6 Å². The van der Waals surface area contributed by atoms with Gasteiger partial charge in [0.1, 0.15) is 23.2 Å². The Morgan fingerprint density at radius 2 is 1.69 bits per heavy atom. The third-order valence-electron chi connectivity index (χ3n) is 9.54. The number of nitrogens with two attached hydrogens (primary N) is 1. The Kier molecular flexibility index (Phi) is 19.2. The van der Waals surface area contributed by atoms with Gasteiger partial charge in [-0.1, -0.05) is 57.5 Å². The van der Waals surface area contributed by atoms with Gasteiger partial charge in [0.05, 0.1) is 11.8 Å². The molecule has 1 aromatic heterocycles. The van der Waals surface area contributed by atoms with Gasteiger partial charge in [-0.3, -0.25) is 14.4 Å². The standard InChI is InChI=1S/C43H61F2N5O4S/c1-31(51)25-33(15-9-10-21-47-5)39(52)16-11-22-48-40(53)19-24-55-30-41(54)50(23-12-20-46)42(43(2,3)4)38-26-34(36-27-35(44)17-18-37(36)45)29-49(38)28-32-13-7-6-8-14-32/h6-8,13-14,17-18,26-27,29,33,42,47H,9-12,15-16,19-25,28,30,46H2,1-5H3,(H,48,53)/t33-,42+/m1/s1. The molecule has 9 nitrogen and oxygen atoms in total. The van der Waals surface area contributed by atoms with Crippen molar-refractivity contribution < 1.29 is 28.0 Å². The number of thioether (sulfide) groups is 1. The Balaban J connectivity index is 1.67. The number of halogens is 2. The van der Waals surface area contributed by atoms with Gasteiger partial charge in [-0.25, -0.2) is 8.78 Å². The van der Waals surface area contributed by atoms with Crippen molar-refractivity contribution in [3.05, 3.63) is 83.7 Å². The number of hydrogen-bond acceptors (Lipinski definition) is 7. The quantitative estimate of drug-likeness (QED) is 0.0770. The summed E-state index contributed by atoms with van der Waals surface area (Å²) in [6.45, 7) is 10.2. The maximum atomic E-state index is 15.1. The summed E-state index contributed by atoms with van der Waals surface area (Å²) in [5.74, 6) is -0.935. The minimum Gasteiger partial charge on any atom is -0.356 e. The largest absolute Gasteiger partial charge is 0.356 e. The Morgan fingerprint density at radius 3 is 2.36 bits per heavy atom. The van der Waals surface area contributed by atoms with Gasteiger partial charge in [0, 0.05) is 73.6 Å². The third kappa shape index (κ3) is 15.3. The van der Waals surface area contributed by atoms with Crippen LogP contribution in [0.25, 0.3) is 11.1 Å². The maximum Gasteiger partial charge on any atom is 0.233 e. The number of carbonyl (C=O) groups excluding carboxylic acids is 4. The van der Waals surface area contributed by atoms with Crippen LogP contribution >= 0.6 is 11.8 Å². The summed E-state index contributed by atoms with van der Waals surface area (Å²) in [7, 11) is 1.89. The highest BCUT2D eigenvalue weighted by atomic mass is 32.2. The number of rotatable bonds is 25. The topological polar surface area (TPSA) is 127 Å². The van der Waals surface area contributed by atoms with Crippen LogP contribution in [0.15, 0.2) is 60.8 Å². The first kappa shape index (κ1) is 45.5. The minimum atomic E-state index is -0.539. The summed E-state index contributed by atoms with van der Waals surface area (Å²) in [6, 6.07) is 14.7. The molecular formula is C43H61F2N5O4S. The van der Waals surface area contributed by atoms with Crippen molar-refractivity contribution in [1.29, 1.82) is 0 Å². The summed E-state index contributed by atoms with van der Waals surface area (Å²) in [5, 5.41) is 5.98. The molecular weight excluding hydrogens is 721 g/mol. The second kappa shape index (κ2) is 23.3. The van der Waals surface area contributed by atoms with E-state index in [-0.39, 0.29) is 53.5 Å². The average molecular weight is 782 g/mol. The molecule has 1 heterocycles. The lowest BCUT2D eigenvalue weighted by Crippen LogP contribution is -2.44. The van der Waals surface area contributed by atoms with E-state index >= 15 is 4.39 Å². The SMILES string of the molecule is CNCCCC[C@H](CC(C)=O)C(=O)CCCNC(=O)CCSCC(=O)N(CCCN)[C@@H](c1cc(-c2cc(F)ccc2F)cn1Cc1ccccc1)C(C)(C)C. The summed E-state index contributed by atoms with van der Waals surface area (Å²) >= 11 is 1.38. The normalized spacial score (nSPS) is 12.7. The number of ketones is 2. The molecule has 4 N–H and O–H groups in total. The van der Waals surface area contributed by atoms with Crippen molar-refractivity contribution in [3.63, 3.8) is 0 Å².